The standard InChI is InChI=1S/C12H18N2/c1-9-3-2-4-10(7-9)11-8-14-6-5-12(11)13/h5-6,8-10H,2-4,7H2,1H3,(H2,13,14). The van der Waals surface area contributed by atoms with Gasteiger partial charge >= 0.3 is 0 Å². The van der Waals surface area contributed by atoms with Crippen molar-refractivity contribution < 1.29 is 0 Å². The lowest BCUT2D eigenvalue weighted by molar-refractivity contribution is 0.344. The molecular weight excluding hydrogens is 172 g/mol. The molecule has 2 rings (SSSR count). The Hall–Kier alpha value is -1.05. The van der Waals surface area contributed by atoms with Gasteiger partial charge in [-0.1, -0.05) is 19.8 Å². The van der Waals surface area contributed by atoms with Crippen LogP contribution in [0.4, 0.5) is 5.69 Å². The summed E-state index contributed by atoms with van der Waals surface area (Å²) >= 11 is 0. The molecule has 14 heavy (non-hydrogen) atoms. The summed E-state index contributed by atoms with van der Waals surface area (Å²) in [5.41, 5.74) is 8.14. The lowest BCUT2D eigenvalue weighted by Gasteiger charge is -2.27. The molecule has 0 spiro atoms. The molecule has 0 radical (unpaired) electrons. The van der Waals surface area contributed by atoms with Gasteiger partial charge < -0.3 is 5.73 Å². The third-order valence-corrected chi connectivity index (χ3v) is 3.26. The molecule has 2 nitrogen and oxygen atoms in total. The SMILES string of the molecule is CC1CCCC(c2cnccc2N)C1. The number of nitrogens with two attached hydrogens (primary N) is 1. The molecular formula is C12H18N2. The zero-order valence-electron chi connectivity index (χ0n) is 8.74. The topological polar surface area (TPSA) is 38.9 Å². The summed E-state index contributed by atoms with van der Waals surface area (Å²) in [7, 11) is 0. The first-order chi connectivity index (χ1) is 6.77. The second-order valence-electron chi connectivity index (χ2n) is 4.47. The van der Waals surface area contributed by atoms with Crippen LogP contribution < -0.4 is 5.73 Å². The first-order valence-corrected chi connectivity index (χ1v) is 5.46. The fourth-order valence-electron chi connectivity index (χ4n) is 2.48. The summed E-state index contributed by atoms with van der Waals surface area (Å²) in [4.78, 5) is 4.17. The summed E-state index contributed by atoms with van der Waals surface area (Å²) in [6.45, 7) is 2.33. The number of nitrogens with zero attached hydrogens (tertiary/aromatic N) is 1. The minimum Gasteiger partial charge on any atom is -0.398 e. The van der Waals surface area contributed by atoms with Crippen molar-refractivity contribution in [1.29, 1.82) is 0 Å². The van der Waals surface area contributed by atoms with E-state index in [0.717, 1.165) is 11.6 Å². The maximum atomic E-state index is 5.96. The lowest BCUT2D eigenvalue weighted by Crippen LogP contribution is -2.13. The van der Waals surface area contributed by atoms with Gasteiger partial charge in [0.15, 0.2) is 0 Å². The van der Waals surface area contributed by atoms with Crippen LogP contribution in [0.2, 0.25) is 0 Å². The van der Waals surface area contributed by atoms with Crippen molar-refractivity contribution in [2.45, 2.75) is 38.5 Å². The van der Waals surface area contributed by atoms with Crippen LogP contribution in [0.5, 0.6) is 0 Å². The molecule has 2 unspecified atom stereocenters. The van der Waals surface area contributed by atoms with Gasteiger partial charge in [-0.2, -0.15) is 0 Å². The summed E-state index contributed by atoms with van der Waals surface area (Å²) in [5.74, 6) is 1.49. The van der Waals surface area contributed by atoms with Gasteiger partial charge in [-0.25, -0.2) is 0 Å². The molecule has 0 aromatic carbocycles. The van der Waals surface area contributed by atoms with E-state index in [1.807, 2.05) is 12.3 Å². The Labute approximate surface area is 85.5 Å². The van der Waals surface area contributed by atoms with Crippen molar-refractivity contribution in [3.8, 4) is 0 Å². The molecule has 1 saturated carbocycles. The molecule has 0 aliphatic heterocycles. The quantitative estimate of drug-likeness (QED) is 0.739. The predicted octanol–water partition coefficient (Wildman–Crippen LogP) is 2.96. The second-order valence-corrected chi connectivity index (χ2v) is 4.47. The summed E-state index contributed by atoms with van der Waals surface area (Å²) in [5, 5.41) is 0. The van der Waals surface area contributed by atoms with Crippen LogP contribution in [0.25, 0.3) is 0 Å². The molecule has 2 N–H and O–H groups in total. The minimum atomic E-state index is 0.646. The van der Waals surface area contributed by atoms with Crippen LogP contribution >= 0.6 is 0 Å². The van der Waals surface area contributed by atoms with E-state index < -0.39 is 0 Å². The zero-order chi connectivity index (χ0) is 9.97. The van der Waals surface area contributed by atoms with Gasteiger partial charge in [0.25, 0.3) is 0 Å². The van der Waals surface area contributed by atoms with Gasteiger partial charge in [0.05, 0.1) is 0 Å². The van der Waals surface area contributed by atoms with Crippen LogP contribution in [-0.4, -0.2) is 4.98 Å². The fourth-order valence-corrected chi connectivity index (χ4v) is 2.48. The molecule has 2 atom stereocenters. The van der Waals surface area contributed by atoms with E-state index in [-0.39, 0.29) is 0 Å². The third-order valence-electron chi connectivity index (χ3n) is 3.26. The maximum absolute atomic E-state index is 5.96. The maximum Gasteiger partial charge on any atom is 0.0380 e. The van der Waals surface area contributed by atoms with Gasteiger partial charge in [0, 0.05) is 18.1 Å². The Kier molecular flexibility index (Phi) is 2.71. The van der Waals surface area contributed by atoms with E-state index in [1.54, 1.807) is 6.20 Å². The van der Waals surface area contributed by atoms with Crippen LogP contribution in [0.3, 0.4) is 0 Å². The molecule has 1 aromatic rings. The largest absolute Gasteiger partial charge is 0.398 e. The molecule has 0 amide bonds. The highest BCUT2D eigenvalue weighted by molar-refractivity contribution is 5.46. The van der Waals surface area contributed by atoms with Gasteiger partial charge in [-0.3, -0.25) is 4.98 Å². The van der Waals surface area contributed by atoms with Gasteiger partial charge in [-0.15, -0.1) is 0 Å². The Morgan fingerprint density at radius 2 is 2.29 bits per heavy atom. The summed E-state index contributed by atoms with van der Waals surface area (Å²) in [6, 6.07) is 1.91. The molecule has 1 heterocycles. The number of pyridine rings is 1. The Balaban J connectivity index is 2.18. The van der Waals surface area contributed by atoms with Crippen molar-refractivity contribution in [1.82, 2.24) is 4.98 Å². The Bertz CT molecular complexity index is 309. The average Bonchev–Trinajstić information content (AvgIpc) is 2.18. The van der Waals surface area contributed by atoms with Gasteiger partial charge in [-0.05, 0) is 36.3 Å². The van der Waals surface area contributed by atoms with Gasteiger partial charge in [0.1, 0.15) is 0 Å². The smallest absolute Gasteiger partial charge is 0.0380 e. The van der Waals surface area contributed by atoms with E-state index >= 15 is 0 Å². The number of rotatable bonds is 1. The van der Waals surface area contributed by atoms with Crippen LogP contribution in [0.1, 0.15) is 44.1 Å². The minimum absolute atomic E-state index is 0.646. The summed E-state index contributed by atoms with van der Waals surface area (Å²) < 4.78 is 0. The number of hydrogen-bond acceptors (Lipinski definition) is 2. The van der Waals surface area contributed by atoms with Crippen LogP contribution in [0.15, 0.2) is 18.5 Å². The molecule has 76 valence electrons. The van der Waals surface area contributed by atoms with Crippen LogP contribution in [-0.2, 0) is 0 Å². The fraction of sp³-hybridized carbons (Fsp3) is 0.583. The van der Waals surface area contributed by atoms with Crippen molar-refractivity contribution in [2.75, 3.05) is 5.73 Å². The molecule has 0 saturated heterocycles. The average molecular weight is 190 g/mol. The monoisotopic (exact) mass is 190 g/mol. The van der Waals surface area contributed by atoms with E-state index in [9.17, 15) is 0 Å². The number of nitrogen functional groups attached to an aromatic ring is 1. The van der Waals surface area contributed by atoms with E-state index in [0.29, 0.717) is 5.92 Å². The third kappa shape index (κ3) is 1.89. The first kappa shape index (κ1) is 9.50. The van der Waals surface area contributed by atoms with E-state index in [1.165, 1.54) is 31.2 Å². The molecule has 1 aliphatic carbocycles. The lowest BCUT2D eigenvalue weighted by atomic mass is 9.79. The molecule has 1 fully saturated rings. The Morgan fingerprint density at radius 1 is 1.43 bits per heavy atom. The number of anilines is 1. The molecule has 1 aromatic heterocycles. The number of hydrogen-bond donors (Lipinski definition) is 1. The highest BCUT2D eigenvalue weighted by Crippen LogP contribution is 2.37. The van der Waals surface area contributed by atoms with Gasteiger partial charge in [0.2, 0.25) is 0 Å². The van der Waals surface area contributed by atoms with Crippen molar-refractivity contribution >= 4 is 5.69 Å². The predicted molar refractivity (Wildman–Crippen MR) is 59.0 cm³/mol. The van der Waals surface area contributed by atoms with E-state index in [2.05, 4.69) is 11.9 Å². The zero-order valence-corrected chi connectivity index (χ0v) is 8.74. The first-order valence-electron chi connectivity index (χ1n) is 5.46. The summed E-state index contributed by atoms with van der Waals surface area (Å²) in [6.07, 6.45) is 8.97. The molecule has 0 bridgehead atoms. The highest BCUT2D eigenvalue weighted by atomic mass is 14.7. The van der Waals surface area contributed by atoms with Crippen molar-refractivity contribution in [3.63, 3.8) is 0 Å². The molecule has 1 aliphatic rings. The Morgan fingerprint density at radius 3 is 3.00 bits per heavy atom. The van der Waals surface area contributed by atoms with Crippen LogP contribution in [0, 0.1) is 5.92 Å². The second kappa shape index (κ2) is 3.99. The molecule has 2 heteroatoms. The van der Waals surface area contributed by atoms with Crippen molar-refractivity contribution in [2.24, 2.45) is 5.92 Å². The number of aromatic nitrogens is 1. The normalized spacial score (nSPS) is 27.5. The van der Waals surface area contributed by atoms with E-state index in [4.69, 9.17) is 5.73 Å². The van der Waals surface area contributed by atoms with Crippen molar-refractivity contribution in [3.05, 3.63) is 24.0 Å². The highest BCUT2D eigenvalue weighted by Gasteiger charge is 2.21.